The van der Waals surface area contributed by atoms with Crippen molar-refractivity contribution in [1.82, 2.24) is 9.78 Å². The fourth-order valence-corrected chi connectivity index (χ4v) is 3.49. The van der Waals surface area contributed by atoms with E-state index >= 15 is 0 Å². The summed E-state index contributed by atoms with van der Waals surface area (Å²) < 4.78 is 9.75. The summed E-state index contributed by atoms with van der Waals surface area (Å²) >= 11 is 10.6. The summed E-state index contributed by atoms with van der Waals surface area (Å²) in [6.07, 6.45) is 0.901. The number of hydrogen-bond donors (Lipinski definition) is 0. The van der Waals surface area contributed by atoms with E-state index in [0.29, 0.717) is 6.61 Å². The predicted octanol–water partition coefficient (Wildman–Crippen LogP) is 4.98. The molecule has 0 saturated heterocycles. The van der Waals surface area contributed by atoms with Gasteiger partial charge in [0.2, 0.25) is 0 Å². The maximum Gasteiger partial charge on any atom is 0.134 e. The summed E-state index contributed by atoms with van der Waals surface area (Å²) in [7, 11) is 1.94. The first-order valence-corrected chi connectivity index (χ1v) is 8.95. The van der Waals surface area contributed by atoms with Gasteiger partial charge in [-0.1, -0.05) is 28.9 Å². The molecule has 0 bridgehead atoms. The van der Waals surface area contributed by atoms with Crippen LogP contribution in [0, 0.1) is 0 Å². The second-order valence-electron chi connectivity index (χ2n) is 4.37. The fraction of sp³-hybridized carbons (Fsp3) is 0.357. The maximum absolute atomic E-state index is 5.89. The highest BCUT2D eigenvalue weighted by atomic mass is 79.9. The summed E-state index contributed by atoms with van der Waals surface area (Å²) in [5, 5.41) is 5.29. The number of aromatic nitrogens is 2. The Bertz CT molecular complexity index is 611. The highest BCUT2D eigenvalue weighted by Crippen LogP contribution is 2.29. The van der Waals surface area contributed by atoms with Crippen molar-refractivity contribution < 1.29 is 4.74 Å². The first kappa shape index (κ1) is 16.0. The molecule has 0 N–H and O–H groups in total. The first-order chi connectivity index (χ1) is 9.56. The van der Waals surface area contributed by atoms with Crippen LogP contribution in [0.5, 0.6) is 5.75 Å². The lowest BCUT2D eigenvalue weighted by molar-refractivity contribution is 0.292. The number of hydrogen-bond acceptors (Lipinski definition) is 2. The van der Waals surface area contributed by atoms with Gasteiger partial charge in [-0.15, -0.1) is 0 Å². The standard InChI is InChI=1S/C14H15Br3N2O/c1-3-11-14(17)12(19(2)18-11)8-20-13-5-4-9(7-15)6-10(13)16/h4-6H,3,7-8H2,1-2H3. The van der Waals surface area contributed by atoms with Crippen LogP contribution in [0.2, 0.25) is 0 Å². The molecule has 0 saturated carbocycles. The third kappa shape index (κ3) is 3.46. The molecule has 1 aromatic heterocycles. The van der Waals surface area contributed by atoms with Crippen molar-refractivity contribution >= 4 is 47.8 Å². The Balaban J connectivity index is 2.15. The maximum atomic E-state index is 5.89. The van der Waals surface area contributed by atoms with Crippen LogP contribution in [-0.4, -0.2) is 9.78 Å². The number of rotatable bonds is 5. The molecule has 2 aromatic rings. The van der Waals surface area contributed by atoms with E-state index < -0.39 is 0 Å². The zero-order valence-electron chi connectivity index (χ0n) is 11.3. The average Bonchev–Trinajstić information content (AvgIpc) is 2.72. The molecule has 108 valence electrons. The molecule has 3 nitrogen and oxygen atoms in total. The van der Waals surface area contributed by atoms with Crippen molar-refractivity contribution in [3.8, 4) is 5.75 Å². The lowest BCUT2D eigenvalue weighted by atomic mass is 10.2. The summed E-state index contributed by atoms with van der Waals surface area (Å²) in [6.45, 7) is 2.57. The molecule has 0 atom stereocenters. The lowest BCUT2D eigenvalue weighted by Gasteiger charge is -2.10. The normalized spacial score (nSPS) is 10.8. The minimum absolute atomic E-state index is 0.482. The number of aryl methyl sites for hydroxylation is 2. The molecular formula is C14H15Br3N2O. The Morgan fingerprint density at radius 2 is 2.05 bits per heavy atom. The predicted molar refractivity (Wildman–Crippen MR) is 91.4 cm³/mol. The van der Waals surface area contributed by atoms with Crippen molar-refractivity contribution in [2.75, 3.05) is 0 Å². The molecule has 1 heterocycles. The molecule has 20 heavy (non-hydrogen) atoms. The molecule has 0 unspecified atom stereocenters. The summed E-state index contributed by atoms with van der Waals surface area (Å²) in [4.78, 5) is 0. The molecule has 0 spiro atoms. The van der Waals surface area contributed by atoms with Crippen LogP contribution in [0.25, 0.3) is 0 Å². The third-order valence-electron chi connectivity index (χ3n) is 3.02. The van der Waals surface area contributed by atoms with Gasteiger partial charge in [-0.3, -0.25) is 4.68 Å². The lowest BCUT2D eigenvalue weighted by Crippen LogP contribution is -2.04. The molecule has 0 amide bonds. The zero-order chi connectivity index (χ0) is 14.7. The highest BCUT2D eigenvalue weighted by molar-refractivity contribution is 9.11. The molecule has 6 heteroatoms. The summed E-state index contributed by atoms with van der Waals surface area (Å²) in [5.41, 5.74) is 3.30. The average molecular weight is 467 g/mol. The monoisotopic (exact) mass is 464 g/mol. The van der Waals surface area contributed by atoms with Crippen molar-refractivity contribution in [2.24, 2.45) is 7.05 Å². The van der Waals surface area contributed by atoms with Gasteiger partial charge in [0.1, 0.15) is 12.4 Å². The molecular weight excluding hydrogens is 452 g/mol. The largest absolute Gasteiger partial charge is 0.486 e. The Morgan fingerprint density at radius 3 is 2.60 bits per heavy atom. The summed E-state index contributed by atoms with van der Waals surface area (Å²) in [5.74, 6) is 0.834. The number of ether oxygens (including phenoxy) is 1. The summed E-state index contributed by atoms with van der Waals surface area (Å²) in [6, 6.07) is 6.08. The molecule has 2 rings (SSSR count). The van der Waals surface area contributed by atoms with E-state index in [1.165, 1.54) is 5.56 Å². The minimum Gasteiger partial charge on any atom is -0.486 e. The molecule has 0 aliphatic rings. The van der Waals surface area contributed by atoms with Gasteiger partial charge in [0.15, 0.2) is 0 Å². The number of halogens is 3. The van der Waals surface area contributed by atoms with E-state index in [4.69, 9.17) is 4.74 Å². The van der Waals surface area contributed by atoms with Gasteiger partial charge in [-0.05, 0) is 56.0 Å². The van der Waals surface area contributed by atoms with Crippen LogP contribution in [0.4, 0.5) is 0 Å². The van der Waals surface area contributed by atoms with Crippen LogP contribution in [0.3, 0.4) is 0 Å². The van der Waals surface area contributed by atoms with Gasteiger partial charge < -0.3 is 4.74 Å². The minimum atomic E-state index is 0.482. The molecule has 1 aromatic carbocycles. The zero-order valence-corrected chi connectivity index (χ0v) is 16.0. The number of benzene rings is 1. The van der Waals surface area contributed by atoms with E-state index in [9.17, 15) is 0 Å². The Kier molecular flexibility index (Phi) is 5.69. The van der Waals surface area contributed by atoms with Crippen LogP contribution in [0.15, 0.2) is 27.1 Å². The topological polar surface area (TPSA) is 27.1 Å². The van der Waals surface area contributed by atoms with Crippen molar-refractivity contribution in [3.05, 3.63) is 44.1 Å². The van der Waals surface area contributed by atoms with Crippen molar-refractivity contribution in [1.29, 1.82) is 0 Å². The van der Waals surface area contributed by atoms with Crippen molar-refractivity contribution in [3.63, 3.8) is 0 Å². The van der Waals surface area contributed by atoms with E-state index in [1.807, 2.05) is 23.9 Å². The van der Waals surface area contributed by atoms with Crippen LogP contribution < -0.4 is 4.74 Å². The number of nitrogens with zero attached hydrogens (tertiary/aromatic N) is 2. The van der Waals surface area contributed by atoms with Crippen molar-refractivity contribution in [2.45, 2.75) is 25.3 Å². The number of alkyl halides is 1. The Labute approximate surface area is 144 Å². The van der Waals surface area contributed by atoms with Gasteiger partial charge >= 0.3 is 0 Å². The second-order valence-corrected chi connectivity index (χ2v) is 6.58. The van der Waals surface area contributed by atoms with Gasteiger partial charge in [-0.25, -0.2) is 0 Å². The van der Waals surface area contributed by atoms with E-state index in [0.717, 1.165) is 37.8 Å². The SMILES string of the molecule is CCc1nn(C)c(COc2ccc(CBr)cc2Br)c1Br. The molecule has 0 aliphatic carbocycles. The van der Waals surface area contributed by atoms with Gasteiger partial charge in [0, 0.05) is 12.4 Å². The highest BCUT2D eigenvalue weighted by Gasteiger charge is 2.13. The Hall–Kier alpha value is -0.330. The van der Waals surface area contributed by atoms with Crippen LogP contribution in [0.1, 0.15) is 23.9 Å². The smallest absolute Gasteiger partial charge is 0.134 e. The van der Waals surface area contributed by atoms with Gasteiger partial charge in [0.25, 0.3) is 0 Å². The van der Waals surface area contributed by atoms with Crippen LogP contribution in [-0.2, 0) is 25.4 Å². The second kappa shape index (κ2) is 7.09. The molecule has 0 aliphatic heterocycles. The van der Waals surface area contributed by atoms with E-state index in [-0.39, 0.29) is 0 Å². The third-order valence-corrected chi connectivity index (χ3v) is 5.20. The van der Waals surface area contributed by atoms with E-state index in [2.05, 4.69) is 65.9 Å². The quantitative estimate of drug-likeness (QED) is 0.581. The van der Waals surface area contributed by atoms with Gasteiger partial charge in [0.05, 0.1) is 20.3 Å². The fourth-order valence-electron chi connectivity index (χ4n) is 1.87. The van der Waals surface area contributed by atoms with Gasteiger partial charge in [-0.2, -0.15) is 5.10 Å². The molecule has 0 fully saturated rings. The van der Waals surface area contributed by atoms with Crippen LogP contribution >= 0.6 is 47.8 Å². The van der Waals surface area contributed by atoms with E-state index in [1.54, 1.807) is 0 Å². The Morgan fingerprint density at radius 1 is 1.30 bits per heavy atom. The molecule has 0 radical (unpaired) electrons. The first-order valence-electron chi connectivity index (χ1n) is 6.24.